The summed E-state index contributed by atoms with van der Waals surface area (Å²) in [4.78, 5) is 11.3. The predicted octanol–water partition coefficient (Wildman–Crippen LogP) is 3.33. The van der Waals surface area contributed by atoms with Gasteiger partial charge in [-0.15, -0.1) is 0 Å². The minimum atomic E-state index is -3.56. The van der Waals surface area contributed by atoms with Crippen molar-refractivity contribution in [2.45, 2.75) is 38.3 Å². The fourth-order valence-electron chi connectivity index (χ4n) is 2.41. The van der Waals surface area contributed by atoms with Crippen LogP contribution < -0.4 is 5.32 Å². The number of nitrogens with zero attached hydrogens (tertiary/aromatic N) is 1. The van der Waals surface area contributed by atoms with E-state index in [9.17, 15) is 13.2 Å². The summed E-state index contributed by atoms with van der Waals surface area (Å²) < 4.78 is 26.7. The average Bonchev–Trinajstić information content (AvgIpc) is 2.60. The molecular weight excluding hydrogens is 352 g/mol. The second kappa shape index (κ2) is 7.88. The van der Waals surface area contributed by atoms with E-state index in [4.69, 9.17) is 5.11 Å². The molecule has 0 heterocycles. The van der Waals surface area contributed by atoms with Crippen LogP contribution in [-0.4, -0.2) is 36.9 Å². The number of rotatable bonds is 7. The summed E-state index contributed by atoms with van der Waals surface area (Å²) >= 11 is 0. The maximum Gasteiger partial charge on any atom is 0.335 e. The van der Waals surface area contributed by atoms with Gasteiger partial charge in [0.05, 0.1) is 10.5 Å². The zero-order valence-corrected chi connectivity index (χ0v) is 16.2. The Morgan fingerprint density at radius 2 is 1.88 bits per heavy atom. The Labute approximate surface area is 154 Å². The van der Waals surface area contributed by atoms with Crippen LogP contribution in [0.15, 0.2) is 47.4 Å². The molecular formula is C19H24N2O4S. The van der Waals surface area contributed by atoms with Crippen molar-refractivity contribution < 1.29 is 18.3 Å². The summed E-state index contributed by atoms with van der Waals surface area (Å²) in [6.07, 6.45) is 0. The Kier molecular flexibility index (Phi) is 6.05. The molecule has 0 amide bonds. The van der Waals surface area contributed by atoms with Crippen LogP contribution >= 0.6 is 0 Å². The molecule has 0 bridgehead atoms. The molecule has 0 atom stereocenters. The highest BCUT2D eigenvalue weighted by Crippen LogP contribution is 2.24. The van der Waals surface area contributed by atoms with Crippen LogP contribution in [-0.2, 0) is 16.6 Å². The smallest absolute Gasteiger partial charge is 0.335 e. The zero-order chi connectivity index (χ0) is 19.5. The number of benzene rings is 2. The number of aromatic carboxylic acids is 1. The SMILES string of the molecule is Cc1ccc(S(=O)(=O)N(C)C(C)C)cc1NCc1cccc(C(=O)O)c1. The second-order valence-electron chi connectivity index (χ2n) is 6.45. The quantitative estimate of drug-likeness (QED) is 0.774. The van der Waals surface area contributed by atoms with E-state index in [1.165, 1.54) is 10.4 Å². The average molecular weight is 376 g/mol. The summed E-state index contributed by atoms with van der Waals surface area (Å²) in [6, 6.07) is 11.5. The highest BCUT2D eigenvalue weighted by molar-refractivity contribution is 7.89. The van der Waals surface area contributed by atoms with Crippen LogP contribution in [0.5, 0.6) is 0 Å². The first kappa shape index (κ1) is 19.9. The lowest BCUT2D eigenvalue weighted by atomic mass is 10.1. The fourth-order valence-corrected chi connectivity index (χ4v) is 3.80. The van der Waals surface area contributed by atoms with Crippen molar-refractivity contribution >= 4 is 21.7 Å². The van der Waals surface area contributed by atoms with E-state index in [2.05, 4.69) is 5.32 Å². The molecule has 2 aromatic rings. The first-order valence-corrected chi connectivity index (χ1v) is 9.71. The summed E-state index contributed by atoms with van der Waals surface area (Å²) in [7, 11) is -2.00. The van der Waals surface area contributed by atoms with E-state index in [1.54, 1.807) is 37.4 Å². The predicted molar refractivity (Wildman–Crippen MR) is 102 cm³/mol. The Morgan fingerprint density at radius 3 is 2.50 bits per heavy atom. The van der Waals surface area contributed by atoms with Gasteiger partial charge >= 0.3 is 5.97 Å². The van der Waals surface area contributed by atoms with Gasteiger partial charge in [0.2, 0.25) is 10.0 Å². The Morgan fingerprint density at radius 1 is 1.19 bits per heavy atom. The van der Waals surface area contributed by atoms with Gasteiger partial charge in [0.15, 0.2) is 0 Å². The van der Waals surface area contributed by atoms with Gasteiger partial charge in [-0.1, -0.05) is 18.2 Å². The third-order valence-corrected chi connectivity index (χ3v) is 6.30. The van der Waals surface area contributed by atoms with Crippen LogP contribution in [0.4, 0.5) is 5.69 Å². The lowest BCUT2D eigenvalue weighted by Crippen LogP contribution is -2.33. The fraction of sp³-hybridized carbons (Fsp3) is 0.316. The number of anilines is 1. The highest BCUT2D eigenvalue weighted by Gasteiger charge is 2.23. The Balaban J connectivity index is 2.26. The summed E-state index contributed by atoms with van der Waals surface area (Å²) in [5.41, 5.74) is 2.63. The molecule has 2 rings (SSSR count). The molecule has 0 aliphatic carbocycles. The van der Waals surface area contributed by atoms with Crippen molar-refractivity contribution in [3.05, 3.63) is 59.2 Å². The number of carbonyl (C=O) groups is 1. The van der Waals surface area contributed by atoms with Crippen molar-refractivity contribution in [2.24, 2.45) is 0 Å². The first-order chi connectivity index (χ1) is 12.1. The van der Waals surface area contributed by atoms with Crippen LogP contribution in [0.1, 0.15) is 35.3 Å². The van der Waals surface area contributed by atoms with Gasteiger partial charge in [-0.2, -0.15) is 4.31 Å². The van der Waals surface area contributed by atoms with Crippen molar-refractivity contribution in [1.29, 1.82) is 0 Å². The molecule has 0 radical (unpaired) electrons. The molecule has 0 saturated carbocycles. The number of sulfonamides is 1. The standard InChI is InChI=1S/C19H24N2O4S/c1-13(2)21(4)26(24,25)17-9-8-14(3)18(11-17)20-12-15-6-5-7-16(10-15)19(22)23/h5-11,13,20H,12H2,1-4H3,(H,22,23). The minimum Gasteiger partial charge on any atom is -0.478 e. The van der Waals surface area contributed by atoms with Crippen LogP contribution in [0.25, 0.3) is 0 Å². The summed E-state index contributed by atoms with van der Waals surface area (Å²) in [6.45, 7) is 5.92. The van der Waals surface area contributed by atoms with Crippen molar-refractivity contribution in [2.75, 3.05) is 12.4 Å². The summed E-state index contributed by atoms with van der Waals surface area (Å²) in [5.74, 6) is -0.979. The molecule has 2 N–H and O–H groups in total. The van der Waals surface area contributed by atoms with Crippen molar-refractivity contribution in [1.82, 2.24) is 4.31 Å². The van der Waals surface area contributed by atoms with Gasteiger partial charge in [0, 0.05) is 25.3 Å². The zero-order valence-electron chi connectivity index (χ0n) is 15.4. The van der Waals surface area contributed by atoms with E-state index in [0.29, 0.717) is 12.2 Å². The Hall–Kier alpha value is -2.38. The molecule has 2 aromatic carbocycles. The van der Waals surface area contributed by atoms with Crippen LogP contribution in [0.2, 0.25) is 0 Å². The molecule has 0 saturated heterocycles. The minimum absolute atomic E-state index is 0.142. The number of nitrogens with one attached hydrogen (secondary N) is 1. The number of aryl methyl sites for hydroxylation is 1. The molecule has 6 nitrogen and oxygen atoms in total. The van der Waals surface area contributed by atoms with Crippen LogP contribution in [0.3, 0.4) is 0 Å². The van der Waals surface area contributed by atoms with E-state index < -0.39 is 16.0 Å². The molecule has 140 valence electrons. The summed E-state index contributed by atoms with van der Waals surface area (Å²) in [5, 5.41) is 12.3. The van der Waals surface area contributed by atoms with E-state index >= 15 is 0 Å². The number of hydrogen-bond acceptors (Lipinski definition) is 4. The van der Waals surface area contributed by atoms with Gasteiger partial charge in [-0.25, -0.2) is 13.2 Å². The maximum atomic E-state index is 12.7. The van der Waals surface area contributed by atoms with Crippen molar-refractivity contribution in [3.63, 3.8) is 0 Å². The third-order valence-electron chi connectivity index (χ3n) is 4.27. The first-order valence-electron chi connectivity index (χ1n) is 8.27. The second-order valence-corrected chi connectivity index (χ2v) is 8.45. The van der Waals surface area contributed by atoms with Gasteiger partial charge in [0.25, 0.3) is 0 Å². The third kappa shape index (κ3) is 4.42. The number of carboxylic acid groups (broad SMARTS) is 1. The maximum absolute atomic E-state index is 12.7. The highest BCUT2D eigenvalue weighted by atomic mass is 32.2. The Bertz CT molecular complexity index is 908. The topological polar surface area (TPSA) is 86.7 Å². The molecule has 7 heteroatoms. The van der Waals surface area contributed by atoms with E-state index in [0.717, 1.165) is 11.1 Å². The molecule has 0 aromatic heterocycles. The number of carboxylic acids is 1. The van der Waals surface area contributed by atoms with Gasteiger partial charge < -0.3 is 10.4 Å². The lowest BCUT2D eigenvalue weighted by Gasteiger charge is -2.21. The van der Waals surface area contributed by atoms with Gasteiger partial charge in [-0.05, 0) is 56.2 Å². The number of hydrogen-bond donors (Lipinski definition) is 2. The lowest BCUT2D eigenvalue weighted by molar-refractivity contribution is 0.0696. The normalized spacial score (nSPS) is 11.8. The van der Waals surface area contributed by atoms with E-state index in [1.807, 2.05) is 26.8 Å². The van der Waals surface area contributed by atoms with Crippen molar-refractivity contribution in [3.8, 4) is 0 Å². The molecule has 26 heavy (non-hydrogen) atoms. The molecule has 0 aliphatic rings. The van der Waals surface area contributed by atoms with Gasteiger partial charge in [-0.3, -0.25) is 0 Å². The molecule has 0 aliphatic heterocycles. The van der Waals surface area contributed by atoms with E-state index in [-0.39, 0.29) is 16.5 Å². The monoisotopic (exact) mass is 376 g/mol. The molecule has 0 spiro atoms. The molecule has 0 unspecified atom stereocenters. The van der Waals surface area contributed by atoms with Gasteiger partial charge in [0.1, 0.15) is 0 Å². The largest absolute Gasteiger partial charge is 0.478 e. The molecule has 0 fully saturated rings. The van der Waals surface area contributed by atoms with Crippen LogP contribution in [0, 0.1) is 6.92 Å².